The molecular formula is C20H14FO. The van der Waals surface area contributed by atoms with Crippen LogP contribution >= 0.6 is 0 Å². The number of benzene rings is 2. The van der Waals surface area contributed by atoms with Crippen LogP contribution < -0.4 is 0 Å². The molecule has 1 nitrogen and oxygen atoms in total. The maximum atomic E-state index is 12.9. The van der Waals surface area contributed by atoms with Gasteiger partial charge in [-0.25, -0.2) is 4.39 Å². The van der Waals surface area contributed by atoms with Crippen LogP contribution in [-0.2, 0) is 4.79 Å². The normalized spacial score (nSPS) is 15.5. The number of allylic oxidation sites excluding steroid dienone is 1. The van der Waals surface area contributed by atoms with Crippen molar-refractivity contribution in [3.63, 3.8) is 0 Å². The maximum absolute atomic E-state index is 12.9. The molecule has 2 heteroatoms. The molecule has 0 amide bonds. The van der Waals surface area contributed by atoms with E-state index in [-0.39, 0.29) is 11.6 Å². The molecule has 2 aromatic rings. The topological polar surface area (TPSA) is 17.1 Å². The molecule has 2 aromatic carbocycles. The standard InChI is InChI=1S/C20H14FO/c21-19-12-10-17(11-13-19)16-8-5-15(6-9-16)7-14-20(22)18-3-1-2-4-18/h1-14H/b14-7+. The van der Waals surface area contributed by atoms with Crippen LogP contribution in [0, 0.1) is 37.4 Å². The van der Waals surface area contributed by atoms with E-state index in [1.807, 2.05) is 37.1 Å². The molecular weight excluding hydrogens is 275 g/mol. The maximum Gasteiger partial charge on any atom is 0.163 e. The Morgan fingerprint density at radius 3 is 1.95 bits per heavy atom. The van der Waals surface area contributed by atoms with Crippen molar-refractivity contribution in [3.05, 3.63) is 97.6 Å². The molecule has 0 spiro atoms. The number of carbonyl (C=O) groups excluding carboxylic acids is 1. The van der Waals surface area contributed by atoms with Crippen LogP contribution in [0.25, 0.3) is 17.2 Å². The first-order valence-electron chi connectivity index (χ1n) is 7.02. The second kappa shape index (κ2) is 6.69. The zero-order valence-electron chi connectivity index (χ0n) is 11.9. The average Bonchev–Trinajstić information content (AvgIpc) is 3.08. The SMILES string of the molecule is O=C(/C=C/c1ccc(-c2ccc(F)cc2)cc1)[C]1[CH][CH][CH][CH]1. The first kappa shape index (κ1) is 14.7. The lowest BCUT2D eigenvalue weighted by Crippen LogP contribution is -2.05. The number of hydrogen-bond acceptors (Lipinski definition) is 1. The third-order valence-corrected chi connectivity index (χ3v) is 3.46. The molecule has 22 heavy (non-hydrogen) atoms. The minimum Gasteiger partial charge on any atom is -0.294 e. The lowest BCUT2D eigenvalue weighted by Gasteiger charge is -2.03. The van der Waals surface area contributed by atoms with Crippen LogP contribution in [0.5, 0.6) is 0 Å². The molecule has 1 aliphatic carbocycles. The molecule has 0 aromatic heterocycles. The van der Waals surface area contributed by atoms with Crippen molar-refractivity contribution in [2.24, 2.45) is 0 Å². The highest BCUT2D eigenvalue weighted by Crippen LogP contribution is 2.25. The van der Waals surface area contributed by atoms with Crippen LogP contribution in [0.2, 0.25) is 0 Å². The van der Waals surface area contributed by atoms with Crippen LogP contribution in [0.1, 0.15) is 5.56 Å². The summed E-state index contributed by atoms with van der Waals surface area (Å²) in [5.74, 6) is 0.445. The monoisotopic (exact) mass is 289 g/mol. The Balaban J connectivity index is 1.68. The number of carbonyl (C=O) groups is 1. The molecule has 0 atom stereocenters. The lowest BCUT2D eigenvalue weighted by atomic mass is 10.0. The van der Waals surface area contributed by atoms with Crippen molar-refractivity contribution >= 4 is 11.9 Å². The van der Waals surface area contributed by atoms with Gasteiger partial charge >= 0.3 is 0 Å². The Morgan fingerprint density at radius 1 is 0.818 bits per heavy atom. The van der Waals surface area contributed by atoms with Crippen molar-refractivity contribution in [2.45, 2.75) is 0 Å². The van der Waals surface area contributed by atoms with Gasteiger partial charge in [0.05, 0.1) is 5.92 Å². The Labute approximate surface area is 130 Å². The predicted molar refractivity (Wildman–Crippen MR) is 86.3 cm³/mol. The second-order valence-corrected chi connectivity index (χ2v) is 5.00. The fourth-order valence-corrected chi connectivity index (χ4v) is 2.24. The highest BCUT2D eigenvalue weighted by atomic mass is 19.1. The van der Waals surface area contributed by atoms with Crippen molar-refractivity contribution in [3.8, 4) is 11.1 Å². The zero-order valence-corrected chi connectivity index (χ0v) is 11.9. The Kier molecular flexibility index (Phi) is 4.47. The predicted octanol–water partition coefficient (Wildman–Crippen LogP) is 4.48. The molecule has 1 fully saturated rings. The van der Waals surface area contributed by atoms with Crippen LogP contribution in [-0.4, -0.2) is 5.78 Å². The molecule has 0 saturated heterocycles. The molecule has 0 N–H and O–H groups in total. The largest absolute Gasteiger partial charge is 0.294 e. The van der Waals surface area contributed by atoms with Crippen LogP contribution in [0.3, 0.4) is 0 Å². The van der Waals surface area contributed by atoms with Gasteiger partial charge in [-0.05, 0) is 60.6 Å². The number of hydrogen-bond donors (Lipinski definition) is 0. The molecule has 0 aliphatic heterocycles. The lowest BCUT2D eigenvalue weighted by molar-refractivity contribution is -0.112. The van der Waals surface area contributed by atoms with Gasteiger partial charge in [0.15, 0.2) is 5.78 Å². The van der Waals surface area contributed by atoms with Gasteiger partial charge in [-0.1, -0.05) is 42.5 Å². The van der Waals surface area contributed by atoms with E-state index in [0.29, 0.717) is 5.92 Å². The molecule has 107 valence electrons. The van der Waals surface area contributed by atoms with Crippen molar-refractivity contribution < 1.29 is 9.18 Å². The molecule has 5 radical (unpaired) electrons. The third-order valence-electron chi connectivity index (χ3n) is 3.46. The number of halogens is 1. The fraction of sp³-hybridized carbons (Fsp3) is 0. The van der Waals surface area contributed by atoms with Gasteiger partial charge in [0.2, 0.25) is 0 Å². The van der Waals surface area contributed by atoms with Crippen LogP contribution in [0.4, 0.5) is 4.39 Å². The summed E-state index contributed by atoms with van der Waals surface area (Å²) >= 11 is 0. The Morgan fingerprint density at radius 2 is 1.36 bits per heavy atom. The van der Waals surface area contributed by atoms with Crippen molar-refractivity contribution in [2.75, 3.05) is 0 Å². The Bertz CT molecular complexity index is 662. The molecule has 0 heterocycles. The van der Waals surface area contributed by atoms with E-state index in [4.69, 9.17) is 0 Å². The molecule has 3 rings (SSSR count). The van der Waals surface area contributed by atoms with Gasteiger partial charge in [0, 0.05) is 0 Å². The first-order chi connectivity index (χ1) is 10.7. The van der Waals surface area contributed by atoms with E-state index in [9.17, 15) is 9.18 Å². The smallest absolute Gasteiger partial charge is 0.163 e. The second-order valence-electron chi connectivity index (χ2n) is 5.00. The third kappa shape index (κ3) is 3.51. The summed E-state index contributed by atoms with van der Waals surface area (Å²) in [6, 6.07) is 14.2. The first-order valence-corrected chi connectivity index (χ1v) is 7.02. The summed E-state index contributed by atoms with van der Waals surface area (Å²) in [7, 11) is 0. The molecule has 1 saturated carbocycles. The quantitative estimate of drug-likeness (QED) is 0.758. The van der Waals surface area contributed by atoms with Gasteiger partial charge in [-0.3, -0.25) is 4.79 Å². The van der Waals surface area contributed by atoms with Crippen molar-refractivity contribution in [1.82, 2.24) is 0 Å². The summed E-state index contributed by atoms with van der Waals surface area (Å²) in [4.78, 5) is 11.9. The number of ketones is 1. The molecule has 0 bridgehead atoms. The fourth-order valence-electron chi connectivity index (χ4n) is 2.24. The van der Waals surface area contributed by atoms with Gasteiger partial charge in [0.25, 0.3) is 0 Å². The van der Waals surface area contributed by atoms with Gasteiger partial charge in [-0.15, -0.1) is 0 Å². The summed E-state index contributed by atoms with van der Waals surface area (Å²) in [6.07, 6.45) is 10.7. The summed E-state index contributed by atoms with van der Waals surface area (Å²) in [5.41, 5.74) is 2.93. The van der Waals surface area contributed by atoms with Gasteiger partial charge in [0.1, 0.15) is 5.82 Å². The highest BCUT2D eigenvalue weighted by molar-refractivity contribution is 6.07. The van der Waals surface area contributed by atoms with Crippen molar-refractivity contribution in [1.29, 1.82) is 0 Å². The van der Waals surface area contributed by atoms with E-state index in [1.54, 1.807) is 37.1 Å². The summed E-state index contributed by atoms with van der Waals surface area (Å²) < 4.78 is 12.9. The Hall–Kier alpha value is -2.22. The number of rotatable bonds is 4. The van der Waals surface area contributed by atoms with Gasteiger partial charge in [-0.2, -0.15) is 0 Å². The zero-order chi connectivity index (χ0) is 15.4. The summed E-state index contributed by atoms with van der Waals surface area (Å²) in [5, 5.41) is 0. The molecule has 0 unspecified atom stereocenters. The molecule has 1 aliphatic rings. The van der Waals surface area contributed by atoms with E-state index >= 15 is 0 Å². The summed E-state index contributed by atoms with van der Waals surface area (Å²) in [6.45, 7) is 0. The minimum atomic E-state index is -0.241. The van der Waals surface area contributed by atoms with Gasteiger partial charge < -0.3 is 0 Å². The highest BCUT2D eigenvalue weighted by Gasteiger charge is 2.22. The minimum absolute atomic E-state index is 0.00684. The van der Waals surface area contributed by atoms with E-state index in [0.717, 1.165) is 16.7 Å². The van der Waals surface area contributed by atoms with E-state index < -0.39 is 0 Å². The van der Waals surface area contributed by atoms with E-state index in [2.05, 4.69) is 0 Å². The van der Waals surface area contributed by atoms with Crippen LogP contribution in [0.15, 0.2) is 54.6 Å². The average molecular weight is 289 g/mol. The van der Waals surface area contributed by atoms with E-state index in [1.165, 1.54) is 12.1 Å².